The Balaban J connectivity index is 2.59. The molecule has 0 amide bonds. The summed E-state index contributed by atoms with van der Waals surface area (Å²) in [7, 11) is 1.93. The maximum atomic E-state index is 6.11. The topological polar surface area (TPSA) is 43.8 Å². The molecule has 0 aliphatic rings. The van der Waals surface area contributed by atoms with Gasteiger partial charge in [-0.3, -0.25) is 0 Å². The van der Waals surface area contributed by atoms with Crippen LogP contribution in [0, 0.1) is 0 Å². The van der Waals surface area contributed by atoms with Gasteiger partial charge in [0.2, 0.25) is 0 Å². The summed E-state index contributed by atoms with van der Waals surface area (Å²) in [6.07, 6.45) is 1.75. The van der Waals surface area contributed by atoms with Crippen molar-refractivity contribution in [2.24, 2.45) is 12.8 Å². The van der Waals surface area contributed by atoms with Crippen LogP contribution in [0.15, 0.2) is 30.6 Å². The van der Waals surface area contributed by atoms with Gasteiger partial charge in [-0.05, 0) is 6.07 Å². The molecule has 2 aromatic rings. The summed E-state index contributed by atoms with van der Waals surface area (Å²) in [5.74, 6) is 0. The number of nitrogens with zero attached hydrogens (tertiary/aromatic N) is 2. The molecule has 78 valence electrons. The summed E-state index contributed by atoms with van der Waals surface area (Å²) < 4.78 is 1.92. The largest absolute Gasteiger partial charge is 0.336 e. The van der Waals surface area contributed by atoms with Gasteiger partial charge in [-0.25, -0.2) is 4.98 Å². The highest BCUT2D eigenvalue weighted by molar-refractivity contribution is 6.33. The summed E-state index contributed by atoms with van der Waals surface area (Å²) >= 11 is 6.11. The predicted molar refractivity (Wildman–Crippen MR) is 61.5 cm³/mol. The highest BCUT2D eigenvalue weighted by atomic mass is 35.5. The molecule has 0 saturated carbocycles. The fourth-order valence-electron chi connectivity index (χ4n) is 1.57. The maximum absolute atomic E-state index is 6.11. The van der Waals surface area contributed by atoms with Gasteiger partial charge in [0, 0.05) is 19.2 Å². The van der Waals surface area contributed by atoms with Gasteiger partial charge in [-0.15, -0.1) is 0 Å². The van der Waals surface area contributed by atoms with Crippen molar-refractivity contribution in [3.8, 4) is 11.3 Å². The van der Waals surface area contributed by atoms with Crippen LogP contribution in [0.5, 0.6) is 0 Å². The monoisotopic (exact) mass is 221 g/mol. The molecule has 1 aromatic heterocycles. The number of imidazole rings is 1. The van der Waals surface area contributed by atoms with Crippen LogP contribution in [0.1, 0.15) is 5.69 Å². The van der Waals surface area contributed by atoms with Crippen molar-refractivity contribution in [3.63, 3.8) is 0 Å². The van der Waals surface area contributed by atoms with Crippen LogP contribution in [-0.4, -0.2) is 9.55 Å². The van der Waals surface area contributed by atoms with E-state index in [9.17, 15) is 0 Å². The van der Waals surface area contributed by atoms with E-state index in [1.165, 1.54) is 0 Å². The molecular formula is C11H12ClN3. The number of aryl methyl sites for hydroxylation is 1. The quantitative estimate of drug-likeness (QED) is 0.845. The number of nitrogens with two attached hydrogens (primary N) is 1. The Hall–Kier alpha value is -1.32. The first-order valence-electron chi connectivity index (χ1n) is 4.69. The zero-order chi connectivity index (χ0) is 10.8. The number of aromatic nitrogens is 2. The Morgan fingerprint density at radius 1 is 1.40 bits per heavy atom. The molecule has 0 atom stereocenters. The van der Waals surface area contributed by atoms with Gasteiger partial charge in [0.1, 0.15) is 0 Å². The lowest BCUT2D eigenvalue weighted by Gasteiger charge is -2.04. The van der Waals surface area contributed by atoms with E-state index in [4.69, 9.17) is 17.3 Å². The lowest BCUT2D eigenvalue weighted by Crippen LogP contribution is -2.04. The van der Waals surface area contributed by atoms with E-state index in [1.54, 1.807) is 6.33 Å². The van der Waals surface area contributed by atoms with Crippen LogP contribution in [0.3, 0.4) is 0 Å². The average molecular weight is 222 g/mol. The van der Waals surface area contributed by atoms with Crippen LogP contribution < -0.4 is 5.73 Å². The van der Waals surface area contributed by atoms with Crippen LogP contribution in [0.4, 0.5) is 0 Å². The second kappa shape index (κ2) is 4.04. The van der Waals surface area contributed by atoms with E-state index in [0.29, 0.717) is 11.6 Å². The molecule has 3 nitrogen and oxygen atoms in total. The van der Waals surface area contributed by atoms with Gasteiger partial charge < -0.3 is 10.3 Å². The minimum Gasteiger partial charge on any atom is -0.336 e. The van der Waals surface area contributed by atoms with Gasteiger partial charge in [-0.2, -0.15) is 0 Å². The Labute approximate surface area is 93.5 Å². The van der Waals surface area contributed by atoms with Gasteiger partial charge in [0.05, 0.1) is 22.7 Å². The summed E-state index contributed by atoms with van der Waals surface area (Å²) in [5.41, 5.74) is 8.47. The van der Waals surface area contributed by atoms with Crippen molar-refractivity contribution in [1.82, 2.24) is 9.55 Å². The first kappa shape index (κ1) is 10.2. The molecule has 0 saturated heterocycles. The van der Waals surface area contributed by atoms with Crippen molar-refractivity contribution in [2.45, 2.75) is 6.54 Å². The third kappa shape index (κ3) is 1.76. The summed E-state index contributed by atoms with van der Waals surface area (Å²) in [6.45, 7) is 0.455. The number of benzene rings is 1. The summed E-state index contributed by atoms with van der Waals surface area (Å²) in [6, 6.07) is 7.64. The lowest BCUT2D eigenvalue weighted by atomic mass is 10.1. The lowest BCUT2D eigenvalue weighted by molar-refractivity contribution is 0.822. The Morgan fingerprint density at radius 2 is 2.13 bits per heavy atom. The minimum atomic E-state index is 0.455. The van der Waals surface area contributed by atoms with Gasteiger partial charge >= 0.3 is 0 Å². The predicted octanol–water partition coefficient (Wildman–Crippen LogP) is 2.20. The molecule has 2 rings (SSSR count). The van der Waals surface area contributed by atoms with Crippen LogP contribution in [0.25, 0.3) is 11.3 Å². The van der Waals surface area contributed by atoms with E-state index >= 15 is 0 Å². The molecule has 0 aliphatic heterocycles. The fraction of sp³-hybridized carbons (Fsp3) is 0.182. The molecule has 1 heterocycles. The molecule has 0 bridgehead atoms. The highest BCUT2D eigenvalue weighted by Crippen LogP contribution is 2.28. The van der Waals surface area contributed by atoms with Crippen molar-refractivity contribution >= 4 is 11.6 Å². The third-order valence-corrected chi connectivity index (χ3v) is 2.71. The smallest absolute Gasteiger partial charge is 0.0953 e. The average Bonchev–Trinajstić information content (AvgIpc) is 2.60. The van der Waals surface area contributed by atoms with Gasteiger partial charge in [0.25, 0.3) is 0 Å². The Kier molecular flexibility index (Phi) is 2.75. The Bertz CT molecular complexity index is 476. The van der Waals surface area contributed by atoms with Gasteiger partial charge in [0.15, 0.2) is 0 Å². The first-order chi connectivity index (χ1) is 7.24. The third-order valence-electron chi connectivity index (χ3n) is 2.38. The van der Waals surface area contributed by atoms with Crippen molar-refractivity contribution in [2.75, 3.05) is 0 Å². The molecular weight excluding hydrogens is 210 g/mol. The minimum absolute atomic E-state index is 0.455. The maximum Gasteiger partial charge on any atom is 0.0953 e. The second-order valence-electron chi connectivity index (χ2n) is 3.33. The van der Waals surface area contributed by atoms with E-state index in [1.807, 2.05) is 35.9 Å². The number of rotatable bonds is 2. The molecule has 2 N–H and O–H groups in total. The zero-order valence-electron chi connectivity index (χ0n) is 8.44. The van der Waals surface area contributed by atoms with Crippen molar-refractivity contribution in [1.29, 1.82) is 0 Å². The van der Waals surface area contributed by atoms with Gasteiger partial charge in [-0.1, -0.05) is 29.8 Å². The van der Waals surface area contributed by atoms with Crippen LogP contribution >= 0.6 is 11.6 Å². The molecule has 0 radical (unpaired) electrons. The van der Waals surface area contributed by atoms with E-state index in [2.05, 4.69) is 4.98 Å². The first-order valence-corrected chi connectivity index (χ1v) is 5.07. The highest BCUT2D eigenvalue weighted by Gasteiger charge is 2.11. The Morgan fingerprint density at radius 3 is 2.80 bits per heavy atom. The molecule has 0 fully saturated rings. The normalized spacial score (nSPS) is 10.6. The summed E-state index contributed by atoms with van der Waals surface area (Å²) in [5, 5.41) is 0.700. The zero-order valence-corrected chi connectivity index (χ0v) is 9.20. The number of hydrogen-bond donors (Lipinski definition) is 1. The summed E-state index contributed by atoms with van der Waals surface area (Å²) in [4.78, 5) is 4.32. The van der Waals surface area contributed by atoms with E-state index in [0.717, 1.165) is 17.0 Å². The number of hydrogen-bond acceptors (Lipinski definition) is 2. The molecule has 0 spiro atoms. The SMILES string of the molecule is Cn1cnc(-c2ccccc2Cl)c1CN. The number of halogens is 1. The second-order valence-corrected chi connectivity index (χ2v) is 3.74. The standard InChI is InChI=1S/C11H12ClN3/c1-15-7-14-11(10(15)6-13)8-4-2-3-5-9(8)12/h2-5,7H,6,13H2,1H3. The molecule has 15 heavy (non-hydrogen) atoms. The van der Waals surface area contributed by atoms with E-state index < -0.39 is 0 Å². The molecule has 0 aliphatic carbocycles. The van der Waals surface area contributed by atoms with Crippen LogP contribution in [-0.2, 0) is 13.6 Å². The van der Waals surface area contributed by atoms with Crippen LogP contribution in [0.2, 0.25) is 5.02 Å². The van der Waals surface area contributed by atoms with Crippen molar-refractivity contribution in [3.05, 3.63) is 41.3 Å². The fourth-order valence-corrected chi connectivity index (χ4v) is 1.80. The van der Waals surface area contributed by atoms with Crippen molar-refractivity contribution < 1.29 is 0 Å². The molecule has 4 heteroatoms. The molecule has 0 unspecified atom stereocenters. The molecule has 1 aromatic carbocycles. The van der Waals surface area contributed by atoms with E-state index in [-0.39, 0.29) is 0 Å².